The Labute approximate surface area is 396 Å². The van der Waals surface area contributed by atoms with Gasteiger partial charge in [0.15, 0.2) is 0 Å². The Hall–Kier alpha value is -7.47. The number of fused-ring (bicyclic) bond motifs is 8. The number of amides is 4. The van der Waals surface area contributed by atoms with Crippen molar-refractivity contribution in [1.29, 1.82) is 0 Å². The molecule has 69 heavy (non-hydrogen) atoms. The molecule has 2 aliphatic carbocycles. The molecule has 4 aliphatic rings. The zero-order valence-electron chi connectivity index (χ0n) is 36.2. The van der Waals surface area contributed by atoms with E-state index in [2.05, 4.69) is 0 Å². The standard InChI is InChI=1S/C52H38N4O10S3/c57-49-41-27-39-37-15-7-9-17-45(37)55(68(63,64)35-11-3-1-4-12-35)47(39)29-43(41)51(59)53(49)31-19-23-33(24-20-31)67(61,62)34-25-21-32(22-26-34)54-50(58)42-28-40-38-16-8-10-18-46(38)56(48(40)30-44(42)52(54)60)69(65,66)36-13-5-2-6-14-36/h1-26,41-44H,27-30H2. The molecule has 0 radical (unpaired) electrons. The van der Waals surface area contributed by atoms with Crippen LogP contribution in [-0.2, 0) is 74.7 Å². The second-order valence-electron chi connectivity index (χ2n) is 17.8. The minimum Gasteiger partial charge on any atom is -0.274 e. The molecule has 4 amide bonds. The molecule has 17 heteroatoms. The summed E-state index contributed by atoms with van der Waals surface area (Å²) in [6.45, 7) is 0. The van der Waals surface area contributed by atoms with Crippen LogP contribution in [0.3, 0.4) is 0 Å². The second-order valence-corrected chi connectivity index (χ2v) is 23.3. The number of para-hydroxylation sites is 2. The van der Waals surface area contributed by atoms with Crippen LogP contribution in [0.25, 0.3) is 21.8 Å². The Morgan fingerprint density at radius 2 is 0.667 bits per heavy atom. The van der Waals surface area contributed by atoms with Gasteiger partial charge in [-0.25, -0.2) is 33.2 Å². The summed E-state index contributed by atoms with van der Waals surface area (Å²) in [6.07, 6.45) is 0.293. The fourth-order valence-electron chi connectivity index (χ4n) is 11.0. The van der Waals surface area contributed by atoms with Crippen LogP contribution in [0.1, 0.15) is 22.5 Å². The van der Waals surface area contributed by atoms with E-state index in [-0.39, 0.29) is 56.6 Å². The minimum atomic E-state index is -4.19. The Morgan fingerprint density at radius 1 is 0.348 bits per heavy atom. The van der Waals surface area contributed by atoms with Crippen LogP contribution >= 0.6 is 0 Å². The number of carbonyl (C=O) groups excluding carboxylic acids is 4. The molecule has 4 heterocycles. The average Bonchev–Trinajstić information content (AvgIpc) is 4.04. The van der Waals surface area contributed by atoms with E-state index in [1.54, 1.807) is 72.8 Å². The van der Waals surface area contributed by atoms with Crippen molar-refractivity contribution in [3.63, 3.8) is 0 Å². The highest BCUT2D eigenvalue weighted by Gasteiger charge is 2.53. The number of imide groups is 2. The summed E-state index contributed by atoms with van der Waals surface area (Å²) in [6, 6.07) is 40.9. The van der Waals surface area contributed by atoms with Gasteiger partial charge in [0.05, 0.1) is 65.7 Å². The largest absolute Gasteiger partial charge is 0.274 e. The fraction of sp³-hybridized carbons (Fsp3) is 0.154. The van der Waals surface area contributed by atoms with Crippen molar-refractivity contribution in [3.8, 4) is 0 Å². The zero-order valence-corrected chi connectivity index (χ0v) is 38.7. The predicted octanol–water partition coefficient (Wildman–Crippen LogP) is 6.71. The number of nitrogens with zero attached hydrogens (tertiary/aromatic N) is 4. The van der Waals surface area contributed by atoms with Crippen molar-refractivity contribution in [2.45, 2.75) is 45.3 Å². The van der Waals surface area contributed by atoms with Gasteiger partial charge in [-0.15, -0.1) is 0 Å². The molecule has 0 bridgehead atoms. The summed E-state index contributed by atoms with van der Waals surface area (Å²) >= 11 is 0. The van der Waals surface area contributed by atoms with Gasteiger partial charge in [-0.05, 0) is 109 Å². The predicted molar refractivity (Wildman–Crippen MR) is 254 cm³/mol. The highest BCUT2D eigenvalue weighted by molar-refractivity contribution is 7.91. The third kappa shape index (κ3) is 6.22. The first-order valence-electron chi connectivity index (χ1n) is 22.2. The van der Waals surface area contributed by atoms with Crippen LogP contribution < -0.4 is 9.80 Å². The van der Waals surface area contributed by atoms with E-state index in [0.717, 1.165) is 9.80 Å². The van der Waals surface area contributed by atoms with E-state index in [9.17, 15) is 44.4 Å². The maximum Gasteiger partial charge on any atom is 0.268 e. The molecule has 4 unspecified atom stereocenters. The number of hydrogen-bond acceptors (Lipinski definition) is 10. The van der Waals surface area contributed by atoms with Crippen molar-refractivity contribution in [3.05, 3.63) is 180 Å². The van der Waals surface area contributed by atoms with Gasteiger partial charge in [-0.1, -0.05) is 72.8 Å². The van der Waals surface area contributed by atoms with E-state index in [4.69, 9.17) is 0 Å². The molecule has 4 atom stereocenters. The summed E-state index contributed by atoms with van der Waals surface area (Å²) in [4.78, 5) is 58.4. The highest BCUT2D eigenvalue weighted by Crippen LogP contribution is 2.46. The number of rotatable bonds is 8. The second kappa shape index (κ2) is 15.3. The summed E-state index contributed by atoms with van der Waals surface area (Å²) in [5.74, 6) is -5.17. The van der Waals surface area contributed by atoms with Crippen LogP contribution in [0.15, 0.2) is 177 Å². The number of aromatic nitrogens is 2. The lowest BCUT2D eigenvalue weighted by Gasteiger charge is -2.23. The van der Waals surface area contributed by atoms with Crippen molar-refractivity contribution < 1.29 is 44.4 Å². The van der Waals surface area contributed by atoms with Gasteiger partial charge in [0, 0.05) is 35.0 Å². The van der Waals surface area contributed by atoms with E-state index in [1.807, 2.05) is 12.1 Å². The zero-order chi connectivity index (χ0) is 47.7. The molecule has 12 rings (SSSR count). The summed E-state index contributed by atoms with van der Waals surface area (Å²) < 4.78 is 87.0. The Balaban J connectivity index is 0.786. The molecule has 0 saturated carbocycles. The lowest BCUT2D eigenvalue weighted by atomic mass is 9.79. The van der Waals surface area contributed by atoms with Crippen molar-refractivity contribution in [2.24, 2.45) is 23.7 Å². The minimum absolute atomic E-state index is 0.00535. The lowest BCUT2D eigenvalue weighted by molar-refractivity contribution is -0.124. The summed E-state index contributed by atoms with van der Waals surface area (Å²) in [7, 11) is -12.3. The van der Waals surface area contributed by atoms with Gasteiger partial charge >= 0.3 is 0 Å². The topological polar surface area (TPSA) is 187 Å². The Kier molecular flexibility index (Phi) is 9.48. The molecule has 2 aliphatic heterocycles. The smallest absolute Gasteiger partial charge is 0.268 e. The first-order valence-corrected chi connectivity index (χ1v) is 26.6. The third-order valence-electron chi connectivity index (χ3n) is 14.3. The number of anilines is 2. The van der Waals surface area contributed by atoms with Gasteiger partial charge < -0.3 is 0 Å². The Morgan fingerprint density at radius 3 is 1.03 bits per heavy atom. The van der Waals surface area contributed by atoms with E-state index in [1.165, 1.54) is 80.7 Å². The van der Waals surface area contributed by atoms with Gasteiger partial charge in [0.2, 0.25) is 33.5 Å². The van der Waals surface area contributed by atoms with Crippen LogP contribution in [0, 0.1) is 23.7 Å². The first-order chi connectivity index (χ1) is 33.2. The van der Waals surface area contributed by atoms with Crippen LogP contribution in [0.2, 0.25) is 0 Å². The molecule has 2 aromatic heterocycles. The van der Waals surface area contributed by atoms with E-state index >= 15 is 0 Å². The van der Waals surface area contributed by atoms with Crippen molar-refractivity contribution >= 4 is 86.7 Å². The average molecular weight is 975 g/mol. The van der Waals surface area contributed by atoms with Gasteiger partial charge in [0.25, 0.3) is 20.0 Å². The number of benzene rings is 6. The summed E-state index contributed by atoms with van der Waals surface area (Å²) in [5, 5.41) is 1.36. The van der Waals surface area contributed by atoms with E-state index in [0.29, 0.717) is 44.3 Å². The molecule has 2 fully saturated rings. The molecule has 0 spiro atoms. The van der Waals surface area contributed by atoms with Crippen LogP contribution in [0.5, 0.6) is 0 Å². The maximum absolute atomic E-state index is 14.1. The SMILES string of the molecule is O=C1C2Cc3c(n(S(=O)(=O)c4ccccc4)c4ccccc34)CC2C(=O)N1c1ccc(S(=O)(=O)c2ccc(N3C(=O)C4Cc5c(n(S(=O)(=O)c6ccccc6)c6ccccc56)CC4C3=O)cc2)cc1. The number of sulfone groups is 1. The summed E-state index contributed by atoms with van der Waals surface area (Å²) in [5.41, 5.74) is 3.53. The Bertz CT molecular complexity index is 3640. The fourth-order valence-corrected chi connectivity index (χ4v) is 15.5. The molecular formula is C52H38N4O10S3. The van der Waals surface area contributed by atoms with Crippen molar-refractivity contribution in [1.82, 2.24) is 7.94 Å². The molecule has 6 aromatic carbocycles. The lowest BCUT2D eigenvalue weighted by Crippen LogP contribution is -2.31. The highest BCUT2D eigenvalue weighted by atomic mass is 32.2. The molecule has 14 nitrogen and oxygen atoms in total. The van der Waals surface area contributed by atoms with Crippen molar-refractivity contribution in [2.75, 3.05) is 9.80 Å². The monoisotopic (exact) mass is 974 g/mol. The first kappa shape index (κ1) is 42.9. The maximum atomic E-state index is 14.1. The quantitative estimate of drug-likeness (QED) is 0.148. The molecule has 8 aromatic rings. The van der Waals surface area contributed by atoms with Gasteiger partial charge in [0.1, 0.15) is 0 Å². The third-order valence-corrected chi connectivity index (χ3v) is 19.6. The molecule has 344 valence electrons. The van der Waals surface area contributed by atoms with Crippen LogP contribution in [-0.4, -0.2) is 56.8 Å². The van der Waals surface area contributed by atoms with Gasteiger partial charge in [-0.3, -0.25) is 29.0 Å². The number of hydrogen-bond donors (Lipinski definition) is 0. The van der Waals surface area contributed by atoms with E-state index < -0.39 is 77.2 Å². The van der Waals surface area contributed by atoms with Crippen LogP contribution in [0.4, 0.5) is 11.4 Å². The molecule has 2 saturated heterocycles. The normalized spacial score (nSPS) is 20.3. The molecular weight excluding hydrogens is 937 g/mol. The molecule has 0 N–H and O–H groups in total. The van der Waals surface area contributed by atoms with Gasteiger partial charge in [-0.2, -0.15) is 0 Å². The number of carbonyl (C=O) groups is 4.